The minimum absolute atomic E-state index is 0.0964. The molecular weight excluding hydrogens is 564 g/mol. The number of nitrogens with zero attached hydrogens (tertiary/aromatic N) is 2. The molecule has 0 bridgehead atoms. The molecule has 2 aromatic carbocycles. The standard InChI is InChI=1S/C42H66N2O2/c1-3-5-7-9-11-13-14-16-18-20-24-36-28-30-38(42(46)32-36)34-44-40-26-22-21-25-39(40)43-33-37-29-27-35(31-41(37)45)23-19-17-15-12-10-8-6-4-2/h27-34,39-40,45-46H,3-26H2,1-2H3/t39-,40+/m0/s1. The lowest BCUT2D eigenvalue weighted by molar-refractivity contribution is 0.390. The Kier molecular flexibility index (Phi) is 19.5. The first-order valence-corrected chi connectivity index (χ1v) is 19.3. The van der Waals surface area contributed by atoms with Crippen molar-refractivity contribution in [3.05, 3.63) is 58.7 Å². The highest BCUT2D eigenvalue weighted by molar-refractivity contribution is 5.84. The summed E-state index contributed by atoms with van der Waals surface area (Å²) in [6, 6.07) is 12.3. The van der Waals surface area contributed by atoms with Gasteiger partial charge in [0.1, 0.15) is 11.5 Å². The third-order valence-corrected chi connectivity index (χ3v) is 9.83. The van der Waals surface area contributed by atoms with E-state index in [0.717, 1.165) is 49.7 Å². The highest BCUT2D eigenvalue weighted by Crippen LogP contribution is 2.26. The van der Waals surface area contributed by atoms with Crippen LogP contribution < -0.4 is 0 Å². The molecule has 1 fully saturated rings. The van der Waals surface area contributed by atoms with Crippen LogP contribution in [-0.2, 0) is 12.8 Å². The fourth-order valence-electron chi connectivity index (χ4n) is 6.78. The molecule has 0 unspecified atom stereocenters. The number of benzene rings is 2. The number of aromatic hydroxyl groups is 2. The third kappa shape index (κ3) is 15.3. The summed E-state index contributed by atoms with van der Waals surface area (Å²) < 4.78 is 0. The van der Waals surface area contributed by atoms with E-state index in [0.29, 0.717) is 11.5 Å². The van der Waals surface area contributed by atoms with Crippen molar-refractivity contribution < 1.29 is 10.2 Å². The molecule has 2 atom stereocenters. The molecule has 0 heterocycles. The molecule has 2 aromatic rings. The van der Waals surface area contributed by atoms with Gasteiger partial charge in [0.15, 0.2) is 0 Å². The number of phenols is 2. The largest absolute Gasteiger partial charge is 0.507 e. The van der Waals surface area contributed by atoms with Crippen LogP contribution in [0.5, 0.6) is 11.5 Å². The van der Waals surface area contributed by atoms with Crippen molar-refractivity contribution in [2.45, 2.75) is 180 Å². The van der Waals surface area contributed by atoms with Gasteiger partial charge in [-0.05, 0) is 73.9 Å². The summed E-state index contributed by atoms with van der Waals surface area (Å²) in [5.74, 6) is 0.640. The summed E-state index contributed by atoms with van der Waals surface area (Å²) in [5, 5.41) is 21.4. The van der Waals surface area contributed by atoms with Gasteiger partial charge in [0.05, 0.1) is 12.1 Å². The number of aliphatic imine (C=N–C) groups is 2. The van der Waals surface area contributed by atoms with E-state index in [2.05, 4.69) is 26.0 Å². The van der Waals surface area contributed by atoms with Gasteiger partial charge in [-0.15, -0.1) is 0 Å². The average Bonchev–Trinajstić information content (AvgIpc) is 3.06. The summed E-state index contributed by atoms with van der Waals surface area (Å²) in [4.78, 5) is 9.82. The first-order chi connectivity index (χ1) is 22.6. The van der Waals surface area contributed by atoms with E-state index in [9.17, 15) is 10.2 Å². The summed E-state index contributed by atoms with van der Waals surface area (Å²) >= 11 is 0. The van der Waals surface area contributed by atoms with Gasteiger partial charge in [0.2, 0.25) is 0 Å². The zero-order chi connectivity index (χ0) is 32.7. The molecule has 4 nitrogen and oxygen atoms in total. The molecule has 2 N–H and O–H groups in total. The fraction of sp³-hybridized carbons (Fsp3) is 0.667. The van der Waals surface area contributed by atoms with Gasteiger partial charge in [-0.25, -0.2) is 0 Å². The summed E-state index contributed by atoms with van der Waals surface area (Å²) in [6.45, 7) is 4.54. The Labute approximate surface area is 282 Å². The van der Waals surface area contributed by atoms with E-state index >= 15 is 0 Å². The topological polar surface area (TPSA) is 65.2 Å². The predicted octanol–water partition coefficient (Wildman–Crippen LogP) is 12.1. The second kappa shape index (κ2) is 23.7. The van der Waals surface area contributed by atoms with Gasteiger partial charge < -0.3 is 10.2 Å². The highest BCUT2D eigenvalue weighted by Gasteiger charge is 2.23. The Bertz CT molecular complexity index is 1140. The van der Waals surface area contributed by atoms with Gasteiger partial charge in [0.25, 0.3) is 0 Å². The van der Waals surface area contributed by atoms with Crippen LogP contribution in [0.15, 0.2) is 46.4 Å². The molecule has 0 spiro atoms. The van der Waals surface area contributed by atoms with Gasteiger partial charge in [-0.2, -0.15) is 0 Å². The van der Waals surface area contributed by atoms with Crippen LogP contribution in [0.4, 0.5) is 0 Å². The van der Waals surface area contributed by atoms with Crippen LogP contribution in [-0.4, -0.2) is 34.7 Å². The van der Waals surface area contributed by atoms with E-state index in [1.54, 1.807) is 0 Å². The number of aryl methyl sites for hydroxylation is 2. The van der Waals surface area contributed by atoms with E-state index in [-0.39, 0.29) is 12.1 Å². The lowest BCUT2D eigenvalue weighted by atomic mass is 9.91. The van der Waals surface area contributed by atoms with E-state index in [1.165, 1.54) is 127 Å². The lowest BCUT2D eigenvalue weighted by Gasteiger charge is -2.25. The first-order valence-electron chi connectivity index (χ1n) is 19.3. The Morgan fingerprint density at radius 1 is 0.522 bits per heavy atom. The summed E-state index contributed by atoms with van der Waals surface area (Å²) in [6.07, 6.45) is 33.9. The second-order valence-corrected chi connectivity index (χ2v) is 13.9. The quantitative estimate of drug-likeness (QED) is 0.0895. The number of rotatable bonds is 24. The molecule has 0 aromatic heterocycles. The van der Waals surface area contributed by atoms with Crippen molar-refractivity contribution in [2.75, 3.05) is 0 Å². The molecule has 1 saturated carbocycles. The minimum Gasteiger partial charge on any atom is -0.507 e. The average molecular weight is 631 g/mol. The molecule has 4 heteroatoms. The third-order valence-electron chi connectivity index (χ3n) is 9.83. The van der Waals surface area contributed by atoms with Crippen LogP contribution in [0.25, 0.3) is 0 Å². The lowest BCUT2D eigenvalue weighted by Crippen LogP contribution is -2.27. The Morgan fingerprint density at radius 3 is 1.22 bits per heavy atom. The van der Waals surface area contributed by atoms with Gasteiger partial charge in [-0.3, -0.25) is 9.98 Å². The highest BCUT2D eigenvalue weighted by atomic mass is 16.3. The summed E-state index contributed by atoms with van der Waals surface area (Å²) in [7, 11) is 0. The van der Waals surface area contributed by atoms with Crippen molar-refractivity contribution in [3.63, 3.8) is 0 Å². The normalized spacial score (nSPS) is 17.0. The zero-order valence-electron chi connectivity index (χ0n) is 29.5. The van der Waals surface area contributed by atoms with Crippen LogP contribution in [0.1, 0.15) is 177 Å². The fourth-order valence-corrected chi connectivity index (χ4v) is 6.78. The van der Waals surface area contributed by atoms with Gasteiger partial charge in [-0.1, -0.05) is 142 Å². The second-order valence-electron chi connectivity index (χ2n) is 13.9. The number of hydrogen-bond acceptors (Lipinski definition) is 4. The van der Waals surface area contributed by atoms with E-state index < -0.39 is 0 Å². The van der Waals surface area contributed by atoms with Crippen LogP contribution >= 0.6 is 0 Å². The van der Waals surface area contributed by atoms with Crippen molar-refractivity contribution in [3.8, 4) is 11.5 Å². The maximum atomic E-state index is 10.7. The molecule has 0 amide bonds. The zero-order valence-corrected chi connectivity index (χ0v) is 29.5. The molecule has 0 radical (unpaired) electrons. The first kappa shape index (κ1) is 37.8. The van der Waals surface area contributed by atoms with Crippen molar-refractivity contribution in [1.82, 2.24) is 0 Å². The molecular formula is C42H66N2O2. The molecule has 46 heavy (non-hydrogen) atoms. The Balaban J connectivity index is 1.41. The Morgan fingerprint density at radius 2 is 0.870 bits per heavy atom. The molecule has 0 saturated heterocycles. The van der Waals surface area contributed by atoms with Crippen molar-refractivity contribution in [2.24, 2.45) is 9.98 Å². The van der Waals surface area contributed by atoms with Gasteiger partial charge in [0, 0.05) is 23.6 Å². The Hall–Kier alpha value is -2.62. The van der Waals surface area contributed by atoms with Crippen LogP contribution in [0.3, 0.4) is 0 Å². The number of unbranched alkanes of at least 4 members (excludes halogenated alkanes) is 16. The molecule has 256 valence electrons. The SMILES string of the molecule is CCCCCCCCCCCCc1ccc(C=N[C@@H]2CCCC[C@@H]2N=Cc2ccc(CCCCCCCCCC)cc2O)c(O)c1. The molecule has 3 rings (SSSR count). The molecule has 1 aliphatic carbocycles. The van der Waals surface area contributed by atoms with E-state index in [1.807, 2.05) is 36.7 Å². The minimum atomic E-state index is 0.0964. The maximum absolute atomic E-state index is 10.7. The smallest absolute Gasteiger partial charge is 0.124 e. The monoisotopic (exact) mass is 631 g/mol. The van der Waals surface area contributed by atoms with Crippen molar-refractivity contribution in [1.29, 1.82) is 0 Å². The number of phenolic OH excluding ortho intramolecular Hbond substituents is 2. The number of hydrogen-bond donors (Lipinski definition) is 2. The van der Waals surface area contributed by atoms with Crippen LogP contribution in [0.2, 0.25) is 0 Å². The molecule has 1 aliphatic rings. The van der Waals surface area contributed by atoms with Gasteiger partial charge >= 0.3 is 0 Å². The van der Waals surface area contributed by atoms with Crippen molar-refractivity contribution >= 4 is 12.4 Å². The maximum Gasteiger partial charge on any atom is 0.124 e. The predicted molar refractivity (Wildman–Crippen MR) is 199 cm³/mol. The van der Waals surface area contributed by atoms with E-state index in [4.69, 9.17) is 9.98 Å². The van der Waals surface area contributed by atoms with Crippen LogP contribution in [0, 0.1) is 0 Å². The summed E-state index contributed by atoms with van der Waals surface area (Å²) in [5.41, 5.74) is 3.97. The molecule has 0 aliphatic heterocycles.